The molecule has 1 amide bonds. The van der Waals surface area contributed by atoms with Crippen molar-refractivity contribution in [1.82, 2.24) is 34.6 Å². The van der Waals surface area contributed by atoms with Crippen LogP contribution in [0.25, 0.3) is 33.5 Å². The maximum atomic E-state index is 14.0. The number of hydrogen-bond acceptors (Lipinski definition) is 7. The molecule has 3 N–H and O–H groups in total. The lowest BCUT2D eigenvalue weighted by Crippen LogP contribution is -2.44. The quantitative estimate of drug-likeness (QED) is 0.162. The number of alkyl halides is 3. The Hall–Kier alpha value is -3.98. The second kappa shape index (κ2) is 11.7. The summed E-state index contributed by atoms with van der Waals surface area (Å²) in [6, 6.07) is 5.97. The molecule has 0 aliphatic carbocycles. The number of likely N-dealkylation sites (tertiary alicyclic amines) is 1. The van der Waals surface area contributed by atoms with E-state index < -0.39 is 25.9 Å². The molecule has 42 heavy (non-hydrogen) atoms. The highest BCUT2D eigenvalue weighted by Gasteiger charge is 2.36. The van der Waals surface area contributed by atoms with Crippen LogP contribution >= 0.6 is 0 Å². The molecular formula is C27H33F3N8O3Si. The Morgan fingerprint density at radius 1 is 1.26 bits per heavy atom. The number of fused-ring (bicyclic) bond motifs is 1. The number of piperidine rings is 1. The van der Waals surface area contributed by atoms with Gasteiger partial charge in [-0.05, 0) is 25.0 Å². The first kappa shape index (κ1) is 29.5. The predicted octanol–water partition coefficient (Wildman–Crippen LogP) is 5.77. The van der Waals surface area contributed by atoms with Crippen molar-refractivity contribution in [3.63, 3.8) is 0 Å². The third kappa shape index (κ3) is 6.90. The molecule has 0 saturated carbocycles. The van der Waals surface area contributed by atoms with Crippen molar-refractivity contribution >= 4 is 31.0 Å². The van der Waals surface area contributed by atoms with E-state index in [2.05, 4.69) is 50.0 Å². The molecule has 1 aliphatic heterocycles. The standard InChI is InChI=1S/C27H33F3N8O3Si/c1-42(2,3)10-9-41-16-38-15-33-24(36-38)17-6-7-19-20(12-31-22(19)11-17)23-21(27(28,29)30)13-32-25(35-23)34-18-5-4-8-37(14-18)26(39)40/h6-7,11-13,15,18,31H,4-5,8-10,14,16H2,1-3H3,(H,39,40)(H,32,34,35)/t18-/m0/s1. The van der Waals surface area contributed by atoms with Gasteiger partial charge in [-0.15, -0.1) is 5.10 Å². The van der Waals surface area contributed by atoms with E-state index in [4.69, 9.17) is 4.74 Å². The van der Waals surface area contributed by atoms with Crippen molar-refractivity contribution < 1.29 is 27.8 Å². The zero-order chi connectivity index (χ0) is 30.1. The molecule has 5 rings (SSSR count). The number of nitrogens with zero attached hydrogens (tertiary/aromatic N) is 6. The van der Waals surface area contributed by atoms with Crippen LogP contribution in [-0.2, 0) is 17.6 Å². The van der Waals surface area contributed by atoms with Crippen LogP contribution in [0.3, 0.4) is 0 Å². The normalized spacial score (nSPS) is 16.2. The molecule has 0 spiro atoms. The summed E-state index contributed by atoms with van der Waals surface area (Å²) in [6.07, 6.45) is -0.619. The van der Waals surface area contributed by atoms with Gasteiger partial charge in [-0.3, -0.25) is 0 Å². The molecule has 0 bridgehead atoms. The SMILES string of the molecule is C[Si](C)(C)CCOCn1cnc(-c2ccc3c(-c4nc(N[C@H]5CCCN(C(=O)O)C5)ncc4C(F)(F)F)c[nH]c3c2)n1. The Morgan fingerprint density at radius 3 is 2.81 bits per heavy atom. The number of amides is 1. The lowest BCUT2D eigenvalue weighted by Gasteiger charge is -2.31. The number of rotatable bonds is 9. The maximum Gasteiger partial charge on any atom is 0.419 e. The van der Waals surface area contributed by atoms with Crippen LogP contribution in [0.2, 0.25) is 25.7 Å². The number of hydrogen-bond donors (Lipinski definition) is 3. The van der Waals surface area contributed by atoms with Crippen molar-refractivity contribution in [2.24, 2.45) is 0 Å². The van der Waals surface area contributed by atoms with Crippen LogP contribution in [0.5, 0.6) is 0 Å². The number of H-pyrrole nitrogens is 1. The van der Waals surface area contributed by atoms with Gasteiger partial charge in [0.25, 0.3) is 0 Å². The van der Waals surface area contributed by atoms with Gasteiger partial charge in [-0.1, -0.05) is 31.8 Å². The largest absolute Gasteiger partial charge is 0.465 e. The minimum absolute atomic E-state index is 0.00279. The molecule has 0 radical (unpaired) electrons. The number of halogens is 3. The molecule has 1 aromatic carbocycles. The molecule has 0 unspecified atom stereocenters. The molecule has 1 aliphatic rings. The second-order valence-electron chi connectivity index (χ2n) is 11.6. The molecule has 4 aromatic rings. The summed E-state index contributed by atoms with van der Waals surface area (Å²) in [5.74, 6) is 0.470. The number of carbonyl (C=O) groups is 1. The fourth-order valence-electron chi connectivity index (χ4n) is 4.80. The van der Waals surface area contributed by atoms with Gasteiger partial charge in [-0.2, -0.15) is 13.2 Å². The highest BCUT2D eigenvalue weighted by molar-refractivity contribution is 6.76. The van der Waals surface area contributed by atoms with Gasteiger partial charge in [0.05, 0.1) is 5.69 Å². The van der Waals surface area contributed by atoms with Gasteiger partial charge in [0, 0.05) is 68.2 Å². The van der Waals surface area contributed by atoms with Gasteiger partial charge >= 0.3 is 12.3 Å². The minimum atomic E-state index is -4.68. The first-order valence-electron chi connectivity index (χ1n) is 13.6. The van der Waals surface area contributed by atoms with Crippen LogP contribution in [0.4, 0.5) is 23.9 Å². The molecule has 1 fully saturated rings. The van der Waals surface area contributed by atoms with E-state index in [0.717, 1.165) is 12.2 Å². The van der Waals surface area contributed by atoms with Gasteiger partial charge in [-0.25, -0.2) is 24.4 Å². The zero-order valence-electron chi connectivity index (χ0n) is 23.6. The average molecular weight is 603 g/mol. The molecule has 3 aromatic heterocycles. The maximum absolute atomic E-state index is 14.0. The Morgan fingerprint density at radius 2 is 2.07 bits per heavy atom. The molecule has 1 atom stereocenters. The van der Waals surface area contributed by atoms with E-state index in [0.29, 0.717) is 48.3 Å². The van der Waals surface area contributed by atoms with Crippen molar-refractivity contribution in [3.05, 3.63) is 42.5 Å². The lowest BCUT2D eigenvalue weighted by atomic mass is 10.0. The summed E-state index contributed by atoms with van der Waals surface area (Å²) in [6.45, 7) is 8.39. The first-order chi connectivity index (χ1) is 19.9. The van der Waals surface area contributed by atoms with Crippen LogP contribution in [-0.4, -0.2) is 79.6 Å². The number of benzene rings is 1. The Bertz CT molecular complexity index is 1570. The van der Waals surface area contributed by atoms with Gasteiger partial charge in [0.2, 0.25) is 5.95 Å². The van der Waals surface area contributed by atoms with Crippen LogP contribution in [0, 0.1) is 0 Å². The van der Waals surface area contributed by atoms with E-state index in [1.807, 2.05) is 0 Å². The van der Waals surface area contributed by atoms with E-state index in [1.165, 1.54) is 11.1 Å². The minimum Gasteiger partial charge on any atom is -0.465 e. The van der Waals surface area contributed by atoms with Gasteiger partial charge in [0.15, 0.2) is 5.82 Å². The Balaban J connectivity index is 1.38. The average Bonchev–Trinajstić information content (AvgIpc) is 3.57. The smallest absolute Gasteiger partial charge is 0.419 e. The predicted molar refractivity (Wildman–Crippen MR) is 154 cm³/mol. The number of nitrogens with one attached hydrogen (secondary N) is 2. The Kier molecular flexibility index (Phi) is 8.23. The van der Waals surface area contributed by atoms with Crippen molar-refractivity contribution in [2.75, 3.05) is 25.0 Å². The van der Waals surface area contributed by atoms with Crippen LogP contribution in [0.1, 0.15) is 18.4 Å². The fraction of sp³-hybridized carbons (Fsp3) is 0.444. The second-order valence-corrected chi connectivity index (χ2v) is 17.2. The summed E-state index contributed by atoms with van der Waals surface area (Å²) < 4.78 is 49.4. The third-order valence-corrected chi connectivity index (χ3v) is 8.77. The number of aromatic nitrogens is 6. The highest BCUT2D eigenvalue weighted by atomic mass is 28.3. The molecule has 224 valence electrons. The topological polar surface area (TPSA) is 134 Å². The summed E-state index contributed by atoms with van der Waals surface area (Å²) in [5, 5.41) is 17.3. The van der Waals surface area contributed by atoms with Gasteiger partial charge < -0.3 is 25.0 Å². The van der Waals surface area contributed by atoms with Crippen LogP contribution < -0.4 is 5.32 Å². The van der Waals surface area contributed by atoms with E-state index in [1.54, 1.807) is 29.2 Å². The lowest BCUT2D eigenvalue weighted by molar-refractivity contribution is -0.137. The van der Waals surface area contributed by atoms with Crippen molar-refractivity contribution in [1.29, 1.82) is 0 Å². The first-order valence-corrected chi connectivity index (χ1v) is 17.4. The summed E-state index contributed by atoms with van der Waals surface area (Å²) in [4.78, 5) is 28.2. The molecule has 15 heteroatoms. The van der Waals surface area contributed by atoms with Gasteiger partial charge in [0.1, 0.15) is 18.6 Å². The molecule has 11 nitrogen and oxygen atoms in total. The molecular weight excluding hydrogens is 569 g/mol. The van der Waals surface area contributed by atoms with Crippen molar-refractivity contribution in [3.8, 4) is 22.6 Å². The van der Waals surface area contributed by atoms with E-state index >= 15 is 0 Å². The molecule has 4 heterocycles. The number of aromatic amines is 1. The Labute approximate surface area is 241 Å². The summed E-state index contributed by atoms with van der Waals surface area (Å²) >= 11 is 0. The zero-order valence-corrected chi connectivity index (χ0v) is 24.6. The monoisotopic (exact) mass is 602 g/mol. The van der Waals surface area contributed by atoms with E-state index in [-0.39, 0.29) is 36.5 Å². The number of carboxylic acid groups (broad SMARTS) is 1. The van der Waals surface area contributed by atoms with Crippen molar-refractivity contribution in [2.45, 2.75) is 57.5 Å². The van der Waals surface area contributed by atoms with Crippen LogP contribution in [0.15, 0.2) is 36.9 Å². The number of ether oxygens (including phenoxy) is 1. The summed E-state index contributed by atoms with van der Waals surface area (Å²) in [5.41, 5.74) is 0.305. The third-order valence-electron chi connectivity index (χ3n) is 7.07. The fourth-order valence-corrected chi connectivity index (χ4v) is 5.56. The highest BCUT2D eigenvalue weighted by Crippen LogP contribution is 2.39. The summed E-state index contributed by atoms with van der Waals surface area (Å²) in [7, 11) is -1.19. The van der Waals surface area contributed by atoms with E-state index in [9.17, 15) is 23.1 Å². The number of anilines is 1. The molecule has 1 saturated heterocycles.